The molecule has 3 nitrogen and oxygen atoms in total. The van der Waals surface area contributed by atoms with Crippen molar-refractivity contribution >= 4 is 11.5 Å². The lowest BCUT2D eigenvalue weighted by Crippen LogP contribution is -2.07. The molecule has 0 radical (unpaired) electrons. The molecule has 0 atom stereocenters. The number of hydrogen-bond acceptors (Lipinski definition) is 3. The number of ether oxygens (including phenoxy) is 1. The number of hydrogen-bond donors (Lipinski definition) is 1. The highest BCUT2D eigenvalue weighted by atomic mass is 19.1. The summed E-state index contributed by atoms with van der Waals surface area (Å²) in [5.41, 5.74) is 6.01. The van der Waals surface area contributed by atoms with Crippen LogP contribution in [0.15, 0.2) is 30.0 Å². The van der Waals surface area contributed by atoms with Gasteiger partial charge in [-0.1, -0.05) is 0 Å². The van der Waals surface area contributed by atoms with E-state index in [2.05, 4.69) is 0 Å². The highest BCUT2D eigenvalue weighted by Crippen LogP contribution is 2.20. The van der Waals surface area contributed by atoms with Gasteiger partial charge in [0.05, 0.1) is 12.2 Å². The van der Waals surface area contributed by atoms with Gasteiger partial charge >= 0.3 is 0 Å². The van der Waals surface area contributed by atoms with Gasteiger partial charge in [-0.3, -0.25) is 4.79 Å². The number of allylic oxidation sites excluding steroid dienone is 1. The van der Waals surface area contributed by atoms with Gasteiger partial charge in [0.2, 0.25) is 5.78 Å². The number of anilines is 1. The Morgan fingerprint density at radius 1 is 1.47 bits per heavy atom. The van der Waals surface area contributed by atoms with Crippen molar-refractivity contribution in [3.8, 4) is 0 Å². The van der Waals surface area contributed by atoms with Crippen LogP contribution < -0.4 is 5.73 Å². The van der Waals surface area contributed by atoms with Gasteiger partial charge in [0.1, 0.15) is 5.82 Å². The maximum Gasteiger partial charge on any atom is 0.229 e. The van der Waals surface area contributed by atoms with Crippen LogP contribution in [0.1, 0.15) is 16.8 Å². The third-order valence-electron chi connectivity index (χ3n) is 2.19. The van der Waals surface area contributed by atoms with Crippen LogP contribution in [-0.4, -0.2) is 12.4 Å². The van der Waals surface area contributed by atoms with E-state index in [1.807, 2.05) is 0 Å². The summed E-state index contributed by atoms with van der Waals surface area (Å²) in [6.45, 7) is 0.496. The topological polar surface area (TPSA) is 52.3 Å². The summed E-state index contributed by atoms with van der Waals surface area (Å²) in [4.78, 5) is 11.8. The number of Topliss-reactive ketones (excluding diaryl/α,β-unsaturated/α-hetero) is 1. The zero-order chi connectivity index (χ0) is 10.8. The molecular formula is C11H10FNO2. The Hall–Kier alpha value is -1.84. The molecule has 0 spiro atoms. The van der Waals surface area contributed by atoms with Crippen LogP contribution in [0.5, 0.6) is 0 Å². The number of nitrogens with two attached hydrogens (primary N) is 1. The number of nitrogen functional groups attached to an aromatic ring is 1. The molecule has 0 aliphatic carbocycles. The third-order valence-corrected chi connectivity index (χ3v) is 2.19. The minimum absolute atomic E-state index is 0.156. The first-order valence-corrected chi connectivity index (χ1v) is 4.61. The van der Waals surface area contributed by atoms with Crippen molar-refractivity contribution in [1.29, 1.82) is 0 Å². The van der Waals surface area contributed by atoms with Gasteiger partial charge in [0.15, 0.2) is 5.76 Å². The molecule has 0 saturated heterocycles. The second-order valence-electron chi connectivity index (χ2n) is 3.27. The second-order valence-corrected chi connectivity index (χ2v) is 3.27. The van der Waals surface area contributed by atoms with Gasteiger partial charge in [-0.15, -0.1) is 0 Å². The summed E-state index contributed by atoms with van der Waals surface area (Å²) in [6.07, 6.45) is 2.39. The maximum absolute atomic E-state index is 12.9. The lowest BCUT2D eigenvalue weighted by molar-refractivity contribution is 0.0943. The van der Waals surface area contributed by atoms with Gasteiger partial charge in [-0.25, -0.2) is 4.39 Å². The van der Waals surface area contributed by atoms with Crippen molar-refractivity contribution in [2.45, 2.75) is 6.42 Å². The van der Waals surface area contributed by atoms with Gasteiger partial charge in [0, 0.05) is 12.1 Å². The summed E-state index contributed by atoms with van der Waals surface area (Å²) in [5.74, 6) is -0.581. The first kappa shape index (κ1) is 9.71. The van der Waals surface area contributed by atoms with E-state index in [0.717, 1.165) is 6.07 Å². The van der Waals surface area contributed by atoms with E-state index in [9.17, 15) is 9.18 Å². The summed E-state index contributed by atoms with van der Waals surface area (Å²) in [5, 5.41) is 0. The molecule has 78 valence electrons. The Morgan fingerprint density at radius 3 is 2.93 bits per heavy atom. The maximum atomic E-state index is 12.9. The van der Waals surface area contributed by atoms with Crippen LogP contribution in [-0.2, 0) is 4.74 Å². The molecule has 2 rings (SSSR count). The molecule has 0 fully saturated rings. The summed E-state index contributed by atoms with van der Waals surface area (Å²) in [6, 6.07) is 3.72. The van der Waals surface area contributed by atoms with E-state index in [0.29, 0.717) is 13.0 Å². The van der Waals surface area contributed by atoms with E-state index >= 15 is 0 Å². The van der Waals surface area contributed by atoms with Crippen LogP contribution >= 0.6 is 0 Å². The SMILES string of the molecule is Nc1ccc(F)cc1C(=O)C1=CCCO1. The lowest BCUT2D eigenvalue weighted by Gasteiger charge is -2.05. The first-order valence-electron chi connectivity index (χ1n) is 4.61. The fourth-order valence-corrected chi connectivity index (χ4v) is 1.43. The highest BCUT2D eigenvalue weighted by molar-refractivity contribution is 6.10. The van der Waals surface area contributed by atoms with Crippen molar-refractivity contribution in [1.82, 2.24) is 0 Å². The molecule has 1 heterocycles. The standard InChI is InChI=1S/C11H10FNO2/c12-7-3-4-9(13)8(6-7)11(14)10-2-1-5-15-10/h2-4,6H,1,5,13H2. The third kappa shape index (κ3) is 1.83. The zero-order valence-corrected chi connectivity index (χ0v) is 8.00. The summed E-state index contributed by atoms with van der Waals surface area (Å²) in [7, 11) is 0. The molecule has 0 aromatic heterocycles. The Labute approximate surface area is 86.3 Å². The summed E-state index contributed by atoms with van der Waals surface area (Å²) < 4.78 is 18.0. The number of rotatable bonds is 2. The van der Waals surface area contributed by atoms with E-state index in [1.54, 1.807) is 6.08 Å². The normalized spacial score (nSPS) is 14.6. The largest absolute Gasteiger partial charge is 0.489 e. The smallest absolute Gasteiger partial charge is 0.229 e. The van der Waals surface area contributed by atoms with Crippen LogP contribution in [0.4, 0.5) is 10.1 Å². The Balaban J connectivity index is 2.36. The quantitative estimate of drug-likeness (QED) is 0.595. The fraction of sp³-hybridized carbons (Fsp3) is 0.182. The Kier molecular flexibility index (Phi) is 2.41. The molecule has 2 N–H and O–H groups in total. The average Bonchev–Trinajstić information content (AvgIpc) is 2.74. The van der Waals surface area contributed by atoms with Crippen LogP contribution in [0.3, 0.4) is 0 Å². The molecular weight excluding hydrogens is 197 g/mol. The molecule has 0 unspecified atom stereocenters. The molecule has 0 saturated carbocycles. The van der Waals surface area contributed by atoms with Gasteiger partial charge in [0.25, 0.3) is 0 Å². The number of halogens is 1. The molecule has 1 aromatic carbocycles. The number of carbonyl (C=O) groups excluding carboxylic acids is 1. The van der Waals surface area contributed by atoms with Gasteiger partial charge in [-0.2, -0.15) is 0 Å². The number of ketones is 1. The summed E-state index contributed by atoms with van der Waals surface area (Å²) >= 11 is 0. The van der Waals surface area contributed by atoms with E-state index in [1.165, 1.54) is 12.1 Å². The molecule has 1 aliphatic heterocycles. The molecule has 0 amide bonds. The number of benzene rings is 1. The predicted octanol–water partition coefficient (Wildman–Crippen LogP) is 1.89. The average molecular weight is 207 g/mol. The van der Waals surface area contributed by atoms with Crippen molar-refractivity contribution in [2.75, 3.05) is 12.3 Å². The minimum atomic E-state index is -0.480. The Bertz CT molecular complexity index is 440. The molecule has 0 bridgehead atoms. The highest BCUT2D eigenvalue weighted by Gasteiger charge is 2.19. The van der Waals surface area contributed by atoms with Gasteiger partial charge in [-0.05, 0) is 24.3 Å². The van der Waals surface area contributed by atoms with E-state index in [-0.39, 0.29) is 22.8 Å². The lowest BCUT2D eigenvalue weighted by atomic mass is 10.1. The molecule has 15 heavy (non-hydrogen) atoms. The van der Waals surface area contributed by atoms with E-state index in [4.69, 9.17) is 10.5 Å². The fourth-order valence-electron chi connectivity index (χ4n) is 1.43. The molecule has 1 aromatic rings. The van der Waals surface area contributed by atoms with Crippen LogP contribution in [0, 0.1) is 5.82 Å². The minimum Gasteiger partial charge on any atom is -0.489 e. The van der Waals surface area contributed by atoms with Crippen LogP contribution in [0.2, 0.25) is 0 Å². The van der Waals surface area contributed by atoms with Crippen molar-refractivity contribution in [2.24, 2.45) is 0 Å². The monoisotopic (exact) mass is 207 g/mol. The second kappa shape index (κ2) is 3.73. The van der Waals surface area contributed by atoms with Crippen molar-refractivity contribution < 1.29 is 13.9 Å². The zero-order valence-electron chi connectivity index (χ0n) is 8.00. The van der Waals surface area contributed by atoms with Gasteiger partial charge < -0.3 is 10.5 Å². The van der Waals surface area contributed by atoms with E-state index < -0.39 is 5.82 Å². The van der Waals surface area contributed by atoms with Crippen molar-refractivity contribution in [3.05, 3.63) is 41.4 Å². The Morgan fingerprint density at radius 2 is 2.27 bits per heavy atom. The van der Waals surface area contributed by atoms with Crippen molar-refractivity contribution in [3.63, 3.8) is 0 Å². The first-order chi connectivity index (χ1) is 7.18. The molecule has 1 aliphatic rings. The molecule has 4 heteroatoms. The van der Waals surface area contributed by atoms with Crippen LogP contribution in [0.25, 0.3) is 0 Å². The predicted molar refractivity (Wildman–Crippen MR) is 53.8 cm³/mol. The number of carbonyl (C=O) groups is 1.